The van der Waals surface area contributed by atoms with E-state index < -0.39 is 6.09 Å². The van der Waals surface area contributed by atoms with Crippen LogP contribution in [0.15, 0.2) is 42.0 Å². The normalized spacial score (nSPS) is 11.5. The van der Waals surface area contributed by atoms with Crippen molar-refractivity contribution in [2.75, 3.05) is 26.9 Å². The molecule has 0 saturated heterocycles. The number of allylic oxidation sites excluding steroid dienone is 2. The highest BCUT2D eigenvalue weighted by Gasteiger charge is 2.16. The number of hydrogen-bond donors (Lipinski definition) is 1. The molecule has 0 aliphatic rings. The summed E-state index contributed by atoms with van der Waals surface area (Å²) >= 11 is 0. The number of rotatable bonds is 6. The molecule has 0 spiro atoms. The van der Waals surface area contributed by atoms with Crippen molar-refractivity contribution in [1.82, 2.24) is 4.90 Å². The molecule has 0 aliphatic carbocycles. The lowest BCUT2D eigenvalue weighted by molar-refractivity contribution is -0.104. The molecule has 0 bridgehead atoms. The van der Waals surface area contributed by atoms with E-state index in [1.165, 1.54) is 12.0 Å². The maximum absolute atomic E-state index is 11.9. The van der Waals surface area contributed by atoms with E-state index in [0.29, 0.717) is 29.2 Å². The van der Waals surface area contributed by atoms with Crippen LogP contribution in [-0.4, -0.2) is 38.5 Å². The van der Waals surface area contributed by atoms with E-state index in [9.17, 15) is 9.59 Å². The molecule has 2 aromatic rings. The second-order valence-electron chi connectivity index (χ2n) is 6.77. The minimum atomic E-state index is -0.472. The summed E-state index contributed by atoms with van der Waals surface area (Å²) in [5.74, 6) is 0.937. The number of ether oxygens (including phenoxy) is 2. The Balaban J connectivity index is 2.45. The van der Waals surface area contributed by atoms with Gasteiger partial charge in [0.2, 0.25) is 0 Å². The Kier molecular flexibility index (Phi) is 6.82. The Morgan fingerprint density at radius 2 is 1.89 bits per heavy atom. The van der Waals surface area contributed by atoms with Gasteiger partial charge in [0.05, 0.1) is 7.11 Å². The van der Waals surface area contributed by atoms with Gasteiger partial charge in [-0.15, -0.1) is 0 Å². The van der Waals surface area contributed by atoms with Crippen molar-refractivity contribution < 1.29 is 19.1 Å². The maximum Gasteiger partial charge on any atom is 0.414 e. The lowest BCUT2D eigenvalue weighted by Gasteiger charge is -2.17. The largest absolute Gasteiger partial charge is 0.496 e. The first-order chi connectivity index (χ1) is 13.3. The predicted octanol–water partition coefficient (Wildman–Crippen LogP) is 3.86. The molecule has 6 nitrogen and oxygen atoms in total. The van der Waals surface area contributed by atoms with E-state index in [0.717, 1.165) is 28.5 Å². The van der Waals surface area contributed by atoms with E-state index in [1.807, 2.05) is 38.1 Å². The molecule has 0 heterocycles. The summed E-state index contributed by atoms with van der Waals surface area (Å²) in [5, 5.41) is 0. The van der Waals surface area contributed by atoms with Crippen LogP contribution in [-0.2, 0) is 11.2 Å². The van der Waals surface area contributed by atoms with Crippen LogP contribution in [0.1, 0.15) is 23.6 Å². The Bertz CT molecular complexity index is 917. The second kappa shape index (κ2) is 9.08. The summed E-state index contributed by atoms with van der Waals surface area (Å²) in [7, 11) is 4.77. The topological polar surface area (TPSA) is 81.9 Å². The fourth-order valence-corrected chi connectivity index (χ4v) is 2.79. The van der Waals surface area contributed by atoms with Gasteiger partial charge >= 0.3 is 6.09 Å². The molecule has 2 aromatic carbocycles. The summed E-state index contributed by atoms with van der Waals surface area (Å²) in [6.07, 6.45) is 0.841. The molecule has 28 heavy (non-hydrogen) atoms. The quantitative estimate of drug-likeness (QED) is 0.466. The summed E-state index contributed by atoms with van der Waals surface area (Å²) in [6, 6.07) is 11.0. The van der Waals surface area contributed by atoms with Gasteiger partial charge in [0.1, 0.15) is 17.8 Å². The fourth-order valence-electron chi connectivity index (χ4n) is 2.79. The van der Waals surface area contributed by atoms with Gasteiger partial charge in [0.15, 0.2) is 0 Å². The number of carbonyl (C=O) groups is 2. The molecule has 1 amide bonds. The summed E-state index contributed by atoms with van der Waals surface area (Å²) < 4.78 is 10.9. The highest BCUT2D eigenvalue weighted by atomic mass is 16.6. The Morgan fingerprint density at radius 1 is 1.18 bits per heavy atom. The first-order valence-corrected chi connectivity index (χ1v) is 8.84. The first-order valence-electron chi connectivity index (χ1n) is 8.84. The van der Waals surface area contributed by atoms with Gasteiger partial charge < -0.3 is 20.1 Å². The number of hydrogen-bond acceptors (Lipinski definition) is 5. The predicted molar refractivity (Wildman–Crippen MR) is 111 cm³/mol. The van der Waals surface area contributed by atoms with E-state index in [4.69, 9.17) is 15.2 Å². The zero-order valence-corrected chi connectivity index (χ0v) is 16.9. The van der Waals surface area contributed by atoms with Crippen molar-refractivity contribution in [2.24, 2.45) is 0 Å². The number of nitrogens with zero attached hydrogens (tertiary/aromatic N) is 1. The average Bonchev–Trinajstić information content (AvgIpc) is 2.66. The number of aldehydes is 1. The summed E-state index contributed by atoms with van der Waals surface area (Å²) in [4.78, 5) is 25.0. The van der Waals surface area contributed by atoms with Gasteiger partial charge in [-0.25, -0.2) is 4.79 Å². The van der Waals surface area contributed by atoms with Crippen LogP contribution in [0.3, 0.4) is 0 Å². The fraction of sp³-hybridized carbons (Fsp3) is 0.273. The average molecular weight is 382 g/mol. The van der Waals surface area contributed by atoms with Crippen LogP contribution in [0.2, 0.25) is 0 Å². The molecular formula is C22H26N2O4. The van der Waals surface area contributed by atoms with E-state index in [-0.39, 0.29) is 0 Å². The third kappa shape index (κ3) is 4.91. The summed E-state index contributed by atoms with van der Waals surface area (Å²) in [6.45, 7) is 3.71. The molecule has 2 rings (SSSR count). The number of nitrogens with two attached hydrogens (primary N) is 1. The minimum Gasteiger partial charge on any atom is -0.496 e. The standard InChI is InChI=1S/C22H26N2O4/c1-14-9-19(21(27-5)12-20(14)28-22(26)24(3)4)15(2)17(13-25)10-16-7-6-8-18(23)11-16/h6-9,11-13H,10,23H2,1-5H3/b17-15-. The molecule has 0 atom stereocenters. The van der Waals surface area contributed by atoms with Crippen LogP contribution in [0.25, 0.3) is 5.57 Å². The van der Waals surface area contributed by atoms with E-state index in [1.54, 1.807) is 26.2 Å². The number of methoxy groups -OCH3 is 1. The van der Waals surface area contributed by atoms with Crippen molar-refractivity contribution in [3.05, 3.63) is 58.7 Å². The highest BCUT2D eigenvalue weighted by Crippen LogP contribution is 2.35. The van der Waals surface area contributed by atoms with Gasteiger partial charge in [-0.2, -0.15) is 0 Å². The number of anilines is 1. The Labute approximate surface area is 165 Å². The number of amides is 1. The van der Waals surface area contributed by atoms with Gasteiger partial charge in [0, 0.05) is 37.8 Å². The third-order valence-electron chi connectivity index (χ3n) is 4.43. The zero-order valence-electron chi connectivity index (χ0n) is 16.9. The number of carbonyl (C=O) groups excluding carboxylic acids is 2. The first kappa shape index (κ1) is 21.0. The van der Waals surface area contributed by atoms with Crippen LogP contribution in [0.4, 0.5) is 10.5 Å². The Hall–Kier alpha value is -3.28. The van der Waals surface area contributed by atoms with Gasteiger partial charge in [-0.1, -0.05) is 12.1 Å². The Morgan fingerprint density at radius 3 is 2.46 bits per heavy atom. The van der Waals surface area contributed by atoms with Crippen molar-refractivity contribution in [2.45, 2.75) is 20.3 Å². The smallest absolute Gasteiger partial charge is 0.414 e. The van der Waals surface area contributed by atoms with E-state index >= 15 is 0 Å². The molecule has 148 valence electrons. The number of benzene rings is 2. The second-order valence-corrected chi connectivity index (χ2v) is 6.77. The third-order valence-corrected chi connectivity index (χ3v) is 4.43. The van der Waals surface area contributed by atoms with Crippen molar-refractivity contribution in [3.8, 4) is 11.5 Å². The number of nitrogen functional groups attached to an aromatic ring is 1. The molecule has 6 heteroatoms. The van der Waals surface area contributed by atoms with Crippen LogP contribution < -0.4 is 15.2 Å². The highest BCUT2D eigenvalue weighted by molar-refractivity contribution is 5.90. The SMILES string of the molecule is COc1cc(OC(=O)N(C)C)c(C)cc1/C(C)=C(\C=O)Cc1cccc(N)c1. The molecule has 0 aliphatic heterocycles. The lowest BCUT2D eigenvalue weighted by Crippen LogP contribution is -2.25. The maximum atomic E-state index is 11.9. The molecule has 0 fully saturated rings. The lowest BCUT2D eigenvalue weighted by atomic mass is 9.95. The van der Waals surface area contributed by atoms with Crippen LogP contribution in [0, 0.1) is 6.92 Å². The molecule has 2 N–H and O–H groups in total. The zero-order chi connectivity index (χ0) is 20.8. The van der Waals surface area contributed by atoms with Crippen LogP contribution >= 0.6 is 0 Å². The van der Waals surface area contributed by atoms with Crippen LogP contribution in [0.5, 0.6) is 11.5 Å². The van der Waals surface area contributed by atoms with E-state index in [2.05, 4.69) is 0 Å². The molecule has 0 unspecified atom stereocenters. The van der Waals surface area contributed by atoms with Crippen molar-refractivity contribution in [3.63, 3.8) is 0 Å². The van der Waals surface area contributed by atoms with Gasteiger partial charge in [-0.05, 0) is 54.3 Å². The van der Waals surface area contributed by atoms with Gasteiger partial charge in [-0.3, -0.25) is 4.79 Å². The molecular weight excluding hydrogens is 356 g/mol. The molecule has 0 saturated carbocycles. The molecule has 0 radical (unpaired) electrons. The number of aryl methyl sites for hydroxylation is 1. The summed E-state index contributed by atoms with van der Waals surface area (Å²) in [5.41, 5.74) is 10.4. The molecule has 0 aromatic heterocycles. The minimum absolute atomic E-state index is 0.413. The monoisotopic (exact) mass is 382 g/mol. The van der Waals surface area contributed by atoms with Gasteiger partial charge in [0.25, 0.3) is 0 Å². The van der Waals surface area contributed by atoms with Crippen molar-refractivity contribution in [1.29, 1.82) is 0 Å². The van der Waals surface area contributed by atoms with Crippen molar-refractivity contribution >= 4 is 23.6 Å².